The standard InChI is InChI=1S/C16H18ClN3O2/c1-9-15(17)10(2)20(19-9)11(3)16(22)18-14-7-5-13(6-8-14)12(4)21/h5-8,11H,1-4H3,(H,18,22). The number of aromatic nitrogens is 2. The van der Waals surface area contributed by atoms with Gasteiger partial charge in [-0.05, 0) is 52.0 Å². The average Bonchev–Trinajstić information content (AvgIpc) is 2.74. The van der Waals surface area contributed by atoms with Crippen molar-refractivity contribution in [3.63, 3.8) is 0 Å². The molecule has 1 amide bonds. The number of benzene rings is 1. The molecular formula is C16H18ClN3O2. The SMILES string of the molecule is CC(=O)c1ccc(NC(=O)C(C)n2nc(C)c(Cl)c2C)cc1. The van der Waals surface area contributed by atoms with E-state index in [0.717, 1.165) is 5.69 Å². The number of Topliss-reactive ketones (excluding diaryl/α,β-unsaturated/α-hetero) is 1. The Hall–Kier alpha value is -2.14. The summed E-state index contributed by atoms with van der Waals surface area (Å²) >= 11 is 6.11. The third-order valence-electron chi connectivity index (χ3n) is 3.54. The van der Waals surface area contributed by atoms with Gasteiger partial charge in [0.25, 0.3) is 0 Å². The van der Waals surface area contributed by atoms with Crippen LogP contribution in [0.2, 0.25) is 5.02 Å². The number of ketones is 1. The number of carbonyl (C=O) groups excluding carboxylic acids is 2. The molecule has 0 fully saturated rings. The van der Waals surface area contributed by atoms with Gasteiger partial charge in [-0.1, -0.05) is 11.6 Å². The summed E-state index contributed by atoms with van der Waals surface area (Å²) in [4.78, 5) is 23.6. The van der Waals surface area contributed by atoms with Crippen molar-refractivity contribution in [2.24, 2.45) is 0 Å². The molecule has 0 aliphatic heterocycles. The van der Waals surface area contributed by atoms with Gasteiger partial charge in [-0.3, -0.25) is 14.3 Å². The van der Waals surface area contributed by atoms with E-state index in [-0.39, 0.29) is 11.7 Å². The Balaban J connectivity index is 2.14. The Bertz CT molecular complexity index is 720. The Morgan fingerprint density at radius 1 is 1.23 bits per heavy atom. The maximum Gasteiger partial charge on any atom is 0.248 e. The van der Waals surface area contributed by atoms with Gasteiger partial charge in [-0.15, -0.1) is 0 Å². The van der Waals surface area contributed by atoms with E-state index in [9.17, 15) is 9.59 Å². The normalized spacial score (nSPS) is 12.0. The van der Waals surface area contributed by atoms with E-state index in [0.29, 0.717) is 22.0 Å². The summed E-state index contributed by atoms with van der Waals surface area (Å²) in [5, 5.41) is 7.67. The molecule has 0 radical (unpaired) electrons. The van der Waals surface area contributed by atoms with Gasteiger partial charge in [0.05, 0.1) is 16.4 Å². The van der Waals surface area contributed by atoms with Crippen molar-refractivity contribution in [1.82, 2.24) is 9.78 Å². The molecule has 0 spiro atoms. The van der Waals surface area contributed by atoms with Gasteiger partial charge in [0.1, 0.15) is 6.04 Å². The fourth-order valence-electron chi connectivity index (χ4n) is 2.17. The van der Waals surface area contributed by atoms with Crippen molar-refractivity contribution in [2.45, 2.75) is 33.7 Å². The molecule has 1 N–H and O–H groups in total. The summed E-state index contributed by atoms with van der Waals surface area (Å²) in [6, 6.07) is 6.29. The summed E-state index contributed by atoms with van der Waals surface area (Å²) in [7, 11) is 0. The van der Waals surface area contributed by atoms with E-state index in [4.69, 9.17) is 11.6 Å². The third-order valence-corrected chi connectivity index (χ3v) is 4.09. The molecule has 6 heteroatoms. The van der Waals surface area contributed by atoms with Crippen LogP contribution in [0.1, 0.15) is 41.6 Å². The number of hydrogen-bond acceptors (Lipinski definition) is 3. The van der Waals surface area contributed by atoms with E-state index in [1.165, 1.54) is 6.92 Å². The van der Waals surface area contributed by atoms with Crippen LogP contribution in [0.4, 0.5) is 5.69 Å². The minimum atomic E-state index is -0.487. The van der Waals surface area contributed by atoms with E-state index >= 15 is 0 Å². The quantitative estimate of drug-likeness (QED) is 0.876. The predicted octanol–water partition coefficient (Wildman–Crippen LogP) is 3.56. The first-order valence-corrected chi connectivity index (χ1v) is 7.32. The molecule has 1 unspecified atom stereocenters. The molecule has 0 saturated heterocycles. The van der Waals surface area contributed by atoms with Crippen LogP contribution in [0.15, 0.2) is 24.3 Å². The lowest BCUT2D eigenvalue weighted by molar-refractivity contribution is -0.119. The highest BCUT2D eigenvalue weighted by atomic mass is 35.5. The van der Waals surface area contributed by atoms with Crippen molar-refractivity contribution >= 4 is 29.0 Å². The maximum absolute atomic E-state index is 12.3. The summed E-state index contributed by atoms with van der Waals surface area (Å²) < 4.78 is 1.61. The van der Waals surface area contributed by atoms with Crippen molar-refractivity contribution in [1.29, 1.82) is 0 Å². The number of hydrogen-bond donors (Lipinski definition) is 1. The van der Waals surface area contributed by atoms with Gasteiger partial charge in [0.2, 0.25) is 5.91 Å². The van der Waals surface area contributed by atoms with Gasteiger partial charge in [-0.2, -0.15) is 5.10 Å². The Morgan fingerprint density at radius 2 is 1.82 bits per heavy atom. The van der Waals surface area contributed by atoms with Crippen LogP contribution in [0.3, 0.4) is 0 Å². The molecule has 1 aromatic heterocycles. The number of aryl methyl sites for hydroxylation is 1. The Kier molecular flexibility index (Phi) is 4.66. The third kappa shape index (κ3) is 3.20. The zero-order chi connectivity index (χ0) is 16.4. The summed E-state index contributed by atoms with van der Waals surface area (Å²) in [6.45, 7) is 6.89. The lowest BCUT2D eigenvalue weighted by Crippen LogP contribution is -2.25. The second kappa shape index (κ2) is 6.32. The molecule has 5 nitrogen and oxygen atoms in total. The van der Waals surface area contributed by atoms with Crippen LogP contribution in [0.25, 0.3) is 0 Å². The monoisotopic (exact) mass is 319 g/mol. The highest BCUT2D eigenvalue weighted by molar-refractivity contribution is 6.31. The molecule has 22 heavy (non-hydrogen) atoms. The fraction of sp³-hybridized carbons (Fsp3) is 0.312. The zero-order valence-corrected chi connectivity index (χ0v) is 13.7. The van der Waals surface area contributed by atoms with E-state index in [1.54, 1.807) is 42.8 Å². The van der Waals surface area contributed by atoms with E-state index in [2.05, 4.69) is 10.4 Å². The van der Waals surface area contributed by atoms with E-state index in [1.807, 2.05) is 6.92 Å². The fourth-order valence-corrected chi connectivity index (χ4v) is 2.29. The second-order valence-electron chi connectivity index (χ2n) is 5.23. The first-order valence-electron chi connectivity index (χ1n) is 6.94. The highest BCUT2D eigenvalue weighted by Crippen LogP contribution is 2.23. The molecule has 1 aromatic carbocycles. The van der Waals surface area contributed by atoms with Crippen LogP contribution in [0, 0.1) is 13.8 Å². The second-order valence-corrected chi connectivity index (χ2v) is 5.61. The lowest BCUT2D eigenvalue weighted by Gasteiger charge is -2.14. The van der Waals surface area contributed by atoms with Crippen LogP contribution < -0.4 is 5.32 Å². The van der Waals surface area contributed by atoms with Crippen molar-refractivity contribution in [2.75, 3.05) is 5.32 Å². The smallest absolute Gasteiger partial charge is 0.248 e. The van der Waals surface area contributed by atoms with Crippen molar-refractivity contribution in [3.05, 3.63) is 46.2 Å². The first kappa shape index (κ1) is 16.2. The van der Waals surface area contributed by atoms with Gasteiger partial charge in [0.15, 0.2) is 5.78 Å². The molecule has 2 aromatic rings. The molecule has 0 aliphatic rings. The Labute approximate surface area is 134 Å². The van der Waals surface area contributed by atoms with Crippen LogP contribution in [0.5, 0.6) is 0 Å². The molecule has 0 bridgehead atoms. The number of amides is 1. The van der Waals surface area contributed by atoms with Crippen LogP contribution in [-0.4, -0.2) is 21.5 Å². The van der Waals surface area contributed by atoms with Gasteiger partial charge in [-0.25, -0.2) is 0 Å². The molecular weight excluding hydrogens is 302 g/mol. The minimum absolute atomic E-state index is 0.0106. The topological polar surface area (TPSA) is 64.0 Å². The summed E-state index contributed by atoms with van der Waals surface area (Å²) in [6.07, 6.45) is 0. The first-order chi connectivity index (χ1) is 10.3. The lowest BCUT2D eigenvalue weighted by atomic mass is 10.1. The highest BCUT2D eigenvalue weighted by Gasteiger charge is 2.20. The van der Waals surface area contributed by atoms with Crippen molar-refractivity contribution < 1.29 is 9.59 Å². The average molecular weight is 320 g/mol. The number of carbonyl (C=O) groups is 2. The molecule has 0 aliphatic carbocycles. The van der Waals surface area contributed by atoms with Crippen molar-refractivity contribution in [3.8, 4) is 0 Å². The molecule has 2 rings (SSSR count). The number of rotatable bonds is 4. The number of halogens is 1. The van der Waals surface area contributed by atoms with E-state index < -0.39 is 6.04 Å². The largest absolute Gasteiger partial charge is 0.324 e. The molecule has 116 valence electrons. The van der Waals surface area contributed by atoms with Gasteiger partial charge in [0, 0.05) is 11.3 Å². The van der Waals surface area contributed by atoms with Gasteiger partial charge < -0.3 is 5.32 Å². The van der Waals surface area contributed by atoms with Gasteiger partial charge >= 0.3 is 0 Å². The minimum Gasteiger partial charge on any atom is -0.324 e. The number of nitrogens with one attached hydrogen (secondary N) is 1. The maximum atomic E-state index is 12.3. The Morgan fingerprint density at radius 3 is 2.27 bits per heavy atom. The molecule has 1 atom stereocenters. The van der Waals surface area contributed by atoms with Crippen LogP contribution in [-0.2, 0) is 4.79 Å². The zero-order valence-electron chi connectivity index (χ0n) is 13.0. The predicted molar refractivity (Wildman–Crippen MR) is 86.5 cm³/mol. The van der Waals surface area contributed by atoms with Crippen LogP contribution >= 0.6 is 11.6 Å². The summed E-state index contributed by atoms with van der Waals surface area (Å²) in [5.74, 6) is -0.207. The molecule has 1 heterocycles. The summed E-state index contributed by atoms with van der Waals surface area (Å²) in [5.41, 5.74) is 2.70. The number of nitrogens with zero attached hydrogens (tertiary/aromatic N) is 2. The molecule has 0 saturated carbocycles. The number of anilines is 1.